The fourth-order valence-electron chi connectivity index (χ4n) is 1.58. The minimum atomic E-state index is -0.211. The van der Waals surface area contributed by atoms with Gasteiger partial charge in [-0.25, -0.2) is 0 Å². The Bertz CT molecular complexity index is 421. The second-order valence-electron chi connectivity index (χ2n) is 4.38. The molecule has 0 spiro atoms. The van der Waals surface area contributed by atoms with Gasteiger partial charge in [-0.1, -0.05) is 38.1 Å². The van der Waals surface area contributed by atoms with E-state index in [1.165, 1.54) is 5.56 Å². The largest absolute Gasteiger partial charge is 0.499 e. The number of allylic oxidation sites excluding steroid dienone is 2. The fraction of sp³-hybridized carbons (Fsp3) is 0.357. The van der Waals surface area contributed by atoms with E-state index < -0.39 is 0 Å². The summed E-state index contributed by atoms with van der Waals surface area (Å²) in [5, 5.41) is 17.9. The summed E-state index contributed by atoms with van der Waals surface area (Å²) in [4.78, 5) is 0. The van der Waals surface area contributed by atoms with Crippen LogP contribution in [0.25, 0.3) is 5.57 Å². The lowest BCUT2D eigenvalue weighted by atomic mass is 9.99. The Hall–Kier alpha value is -1.75. The zero-order valence-electron chi connectivity index (χ0n) is 9.99. The molecule has 0 radical (unpaired) electrons. The summed E-state index contributed by atoms with van der Waals surface area (Å²) in [6.07, 6.45) is 1.05. The van der Waals surface area contributed by atoms with Gasteiger partial charge in [-0.05, 0) is 30.4 Å². The van der Waals surface area contributed by atoms with Gasteiger partial charge in [-0.15, -0.1) is 0 Å². The number of aliphatic hydroxyl groups excluding tert-OH is 1. The fourth-order valence-corrected chi connectivity index (χ4v) is 1.58. The van der Waals surface area contributed by atoms with Crippen LogP contribution in [0.15, 0.2) is 30.0 Å². The van der Waals surface area contributed by atoms with Crippen LogP contribution in [0.2, 0.25) is 0 Å². The van der Waals surface area contributed by atoms with Crippen molar-refractivity contribution in [1.29, 1.82) is 5.26 Å². The van der Waals surface area contributed by atoms with Crippen LogP contribution in [-0.2, 0) is 6.42 Å². The van der Waals surface area contributed by atoms with Crippen molar-refractivity contribution in [2.75, 3.05) is 0 Å². The molecule has 0 atom stereocenters. The molecule has 0 fully saturated rings. The Kier molecular flexibility index (Phi) is 4.13. The average Bonchev–Trinajstić information content (AvgIpc) is 2.27. The van der Waals surface area contributed by atoms with E-state index in [9.17, 15) is 5.11 Å². The molecule has 0 unspecified atom stereocenters. The highest BCUT2D eigenvalue weighted by atomic mass is 16.3. The molecule has 0 saturated heterocycles. The van der Waals surface area contributed by atoms with Crippen molar-refractivity contribution in [2.45, 2.75) is 27.2 Å². The SMILES string of the molecule is C/C(=C(/O)C#N)c1ccc(CC(C)C)cc1. The number of rotatable bonds is 3. The lowest BCUT2D eigenvalue weighted by Crippen LogP contribution is -1.94. The minimum absolute atomic E-state index is 0.211. The lowest BCUT2D eigenvalue weighted by Gasteiger charge is -2.06. The van der Waals surface area contributed by atoms with Crippen molar-refractivity contribution in [3.63, 3.8) is 0 Å². The Labute approximate surface area is 96.8 Å². The van der Waals surface area contributed by atoms with Gasteiger partial charge in [-0.3, -0.25) is 0 Å². The molecule has 1 aromatic carbocycles. The lowest BCUT2D eigenvalue weighted by molar-refractivity contribution is 0.439. The monoisotopic (exact) mass is 215 g/mol. The Balaban J connectivity index is 2.92. The molecule has 0 amide bonds. The molecule has 16 heavy (non-hydrogen) atoms. The highest BCUT2D eigenvalue weighted by molar-refractivity contribution is 5.68. The zero-order chi connectivity index (χ0) is 12.1. The first-order valence-electron chi connectivity index (χ1n) is 5.44. The number of nitrogens with zero attached hydrogens (tertiary/aromatic N) is 1. The highest BCUT2D eigenvalue weighted by Crippen LogP contribution is 2.18. The van der Waals surface area contributed by atoms with Crippen molar-refractivity contribution in [2.24, 2.45) is 5.92 Å². The van der Waals surface area contributed by atoms with Gasteiger partial charge >= 0.3 is 0 Å². The summed E-state index contributed by atoms with van der Waals surface area (Å²) in [6, 6.07) is 9.73. The molecule has 0 aromatic heterocycles. The molecule has 1 rings (SSSR count). The van der Waals surface area contributed by atoms with Gasteiger partial charge in [0.2, 0.25) is 0 Å². The van der Waals surface area contributed by atoms with Crippen molar-refractivity contribution in [3.8, 4) is 6.07 Å². The summed E-state index contributed by atoms with van der Waals surface area (Å²) >= 11 is 0. The third kappa shape index (κ3) is 3.13. The first-order valence-corrected chi connectivity index (χ1v) is 5.44. The maximum absolute atomic E-state index is 9.31. The molecule has 0 aliphatic rings. The van der Waals surface area contributed by atoms with Crippen LogP contribution < -0.4 is 0 Å². The van der Waals surface area contributed by atoms with E-state index in [0.29, 0.717) is 11.5 Å². The van der Waals surface area contributed by atoms with Crippen LogP contribution in [0.3, 0.4) is 0 Å². The molecule has 2 heteroatoms. The summed E-state index contributed by atoms with van der Waals surface area (Å²) in [6.45, 7) is 6.11. The molecule has 0 aliphatic carbocycles. The molecule has 0 heterocycles. The third-order valence-electron chi connectivity index (χ3n) is 2.49. The van der Waals surface area contributed by atoms with Crippen LogP contribution in [0.5, 0.6) is 0 Å². The van der Waals surface area contributed by atoms with E-state index in [4.69, 9.17) is 5.26 Å². The van der Waals surface area contributed by atoms with Gasteiger partial charge in [0.25, 0.3) is 0 Å². The predicted molar refractivity (Wildman–Crippen MR) is 65.8 cm³/mol. The minimum Gasteiger partial charge on any atom is -0.499 e. The van der Waals surface area contributed by atoms with E-state index in [-0.39, 0.29) is 5.76 Å². The first kappa shape index (κ1) is 12.3. The van der Waals surface area contributed by atoms with Crippen LogP contribution in [-0.4, -0.2) is 5.11 Å². The zero-order valence-corrected chi connectivity index (χ0v) is 9.99. The Morgan fingerprint density at radius 2 is 1.88 bits per heavy atom. The summed E-state index contributed by atoms with van der Waals surface area (Å²) in [5.41, 5.74) is 2.80. The smallest absolute Gasteiger partial charge is 0.198 e. The normalized spacial score (nSPS) is 12.2. The summed E-state index contributed by atoms with van der Waals surface area (Å²) in [5.74, 6) is 0.423. The van der Waals surface area contributed by atoms with E-state index in [2.05, 4.69) is 13.8 Å². The average molecular weight is 215 g/mol. The van der Waals surface area contributed by atoms with Gasteiger partial charge in [0.15, 0.2) is 5.76 Å². The topological polar surface area (TPSA) is 44.0 Å². The number of hydrogen-bond donors (Lipinski definition) is 1. The van der Waals surface area contributed by atoms with Crippen LogP contribution >= 0.6 is 0 Å². The number of benzene rings is 1. The van der Waals surface area contributed by atoms with Crippen molar-refractivity contribution in [3.05, 3.63) is 41.2 Å². The van der Waals surface area contributed by atoms with Crippen molar-refractivity contribution >= 4 is 5.57 Å². The molecule has 84 valence electrons. The van der Waals surface area contributed by atoms with Gasteiger partial charge in [0.05, 0.1) is 0 Å². The number of hydrogen-bond acceptors (Lipinski definition) is 2. The maximum atomic E-state index is 9.31. The Morgan fingerprint density at radius 1 is 1.31 bits per heavy atom. The quantitative estimate of drug-likeness (QED) is 0.474. The van der Waals surface area contributed by atoms with E-state index in [0.717, 1.165) is 12.0 Å². The molecule has 2 nitrogen and oxygen atoms in total. The van der Waals surface area contributed by atoms with E-state index >= 15 is 0 Å². The second kappa shape index (κ2) is 5.37. The third-order valence-corrected chi connectivity index (χ3v) is 2.49. The second-order valence-corrected chi connectivity index (χ2v) is 4.38. The molecule has 0 bridgehead atoms. The molecule has 0 saturated carbocycles. The maximum Gasteiger partial charge on any atom is 0.198 e. The van der Waals surface area contributed by atoms with Gasteiger partial charge < -0.3 is 5.11 Å². The first-order chi connectivity index (χ1) is 7.54. The van der Waals surface area contributed by atoms with E-state index in [1.807, 2.05) is 24.3 Å². The number of nitriles is 1. The molecular formula is C14H17NO. The Morgan fingerprint density at radius 3 is 2.31 bits per heavy atom. The van der Waals surface area contributed by atoms with E-state index in [1.54, 1.807) is 13.0 Å². The van der Waals surface area contributed by atoms with Crippen LogP contribution in [0, 0.1) is 17.2 Å². The van der Waals surface area contributed by atoms with Gasteiger partial charge in [-0.2, -0.15) is 5.26 Å². The predicted octanol–water partition coefficient (Wildman–Crippen LogP) is 3.70. The standard InChI is InChI=1S/C14H17NO/c1-10(2)8-12-4-6-13(7-5-12)11(3)14(16)9-15/h4-7,10,16H,8H2,1-3H3/b14-11-. The number of aliphatic hydroxyl groups is 1. The van der Waals surface area contributed by atoms with Crippen molar-refractivity contribution < 1.29 is 5.11 Å². The molecule has 1 aromatic rings. The molecule has 0 aliphatic heterocycles. The summed E-state index contributed by atoms with van der Waals surface area (Å²) < 4.78 is 0. The molecule has 1 N–H and O–H groups in total. The van der Waals surface area contributed by atoms with Crippen LogP contribution in [0.1, 0.15) is 31.9 Å². The van der Waals surface area contributed by atoms with Gasteiger partial charge in [0.1, 0.15) is 6.07 Å². The van der Waals surface area contributed by atoms with Gasteiger partial charge in [0, 0.05) is 5.57 Å². The van der Waals surface area contributed by atoms with Crippen molar-refractivity contribution in [1.82, 2.24) is 0 Å². The highest BCUT2D eigenvalue weighted by Gasteiger charge is 2.03. The molecular weight excluding hydrogens is 198 g/mol. The van der Waals surface area contributed by atoms with Crippen LogP contribution in [0.4, 0.5) is 0 Å². The summed E-state index contributed by atoms with van der Waals surface area (Å²) in [7, 11) is 0.